The van der Waals surface area contributed by atoms with E-state index in [0.29, 0.717) is 12.2 Å². The van der Waals surface area contributed by atoms with Crippen molar-refractivity contribution in [3.63, 3.8) is 0 Å². The van der Waals surface area contributed by atoms with Gasteiger partial charge in [0, 0.05) is 19.6 Å². The Morgan fingerprint density at radius 3 is 2.36 bits per heavy atom. The van der Waals surface area contributed by atoms with E-state index in [1.807, 2.05) is 18.2 Å². The van der Waals surface area contributed by atoms with Crippen molar-refractivity contribution in [3.05, 3.63) is 54.0 Å². The first-order valence-electron chi connectivity index (χ1n) is 9.13. The Hall–Kier alpha value is -2.43. The van der Waals surface area contributed by atoms with Gasteiger partial charge < -0.3 is 10.2 Å². The SMILES string of the molecule is CCCN(CCC)c1cnc(C(=O)NCCCc2ccccc2)cn1. The summed E-state index contributed by atoms with van der Waals surface area (Å²) < 4.78 is 0. The first-order chi connectivity index (χ1) is 12.2. The lowest BCUT2D eigenvalue weighted by molar-refractivity contribution is 0.0948. The molecule has 0 fully saturated rings. The van der Waals surface area contributed by atoms with Gasteiger partial charge in [-0.05, 0) is 31.2 Å². The van der Waals surface area contributed by atoms with Gasteiger partial charge in [0.05, 0.1) is 12.4 Å². The molecule has 0 spiro atoms. The highest BCUT2D eigenvalue weighted by Gasteiger charge is 2.10. The van der Waals surface area contributed by atoms with Crippen LogP contribution in [0.25, 0.3) is 0 Å². The van der Waals surface area contributed by atoms with Crippen molar-refractivity contribution in [2.24, 2.45) is 0 Å². The number of aromatic nitrogens is 2. The number of benzene rings is 1. The molecule has 0 atom stereocenters. The summed E-state index contributed by atoms with van der Waals surface area (Å²) >= 11 is 0. The third kappa shape index (κ3) is 6.18. The van der Waals surface area contributed by atoms with Crippen LogP contribution in [0.3, 0.4) is 0 Å². The highest BCUT2D eigenvalue weighted by Crippen LogP contribution is 2.10. The summed E-state index contributed by atoms with van der Waals surface area (Å²) in [5.41, 5.74) is 1.66. The topological polar surface area (TPSA) is 58.1 Å². The van der Waals surface area contributed by atoms with E-state index < -0.39 is 0 Å². The molecule has 2 rings (SSSR count). The summed E-state index contributed by atoms with van der Waals surface area (Å²) in [6.45, 7) is 6.83. The number of rotatable bonds is 10. The maximum Gasteiger partial charge on any atom is 0.271 e. The third-order valence-corrected chi connectivity index (χ3v) is 3.95. The van der Waals surface area contributed by atoms with Crippen LogP contribution in [0.2, 0.25) is 0 Å². The largest absolute Gasteiger partial charge is 0.355 e. The zero-order valence-electron chi connectivity index (χ0n) is 15.2. The van der Waals surface area contributed by atoms with Crippen molar-refractivity contribution < 1.29 is 4.79 Å². The zero-order chi connectivity index (χ0) is 17.9. The highest BCUT2D eigenvalue weighted by atomic mass is 16.1. The maximum absolute atomic E-state index is 12.2. The van der Waals surface area contributed by atoms with Crippen molar-refractivity contribution in [3.8, 4) is 0 Å². The average Bonchev–Trinajstić information content (AvgIpc) is 2.66. The van der Waals surface area contributed by atoms with Gasteiger partial charge in [-0.1, -0.05) is 44.2 Å². The van der Waals surface area contributed by atoms with Crippen LogP contribution in [-0.4, -0.2) is 35.5 Å². The summed E-state index contributed by atoms with van der Waals surface area (Å²) in [6.07, 6.45) is 7.25. The van der Waals surface area contributed by atoms with E-state index in [-0.39, 0.29) is 5.91 Å². The number of hydrogen-bond acceptors (Lipinski definition) is 4. The van der Waals surface area contributed by atoms with E-state index in [9.17, 15) is 4.79 Å². The number of nitrogens with zero attached hydrogens (tertiary/aromatic N) is 3. The van der Waals surface area contributed by atoms with Crippen LogP contribution >= 0.6 is 0 Å². The monoisotopic (exact) mass is 340 g/mol. The predicted octanol–water partition coefficient (Wildman–Crippen LogP) is 3.47. The summed E-state index contributed by atoms with van der Waals surface area (Å²) in [5.74, 6) is 0.675. The number of carbonyl (C=O) groups is 1. The van der Waals surface area contributed by atoms with Crippen LogP contribution in [0, 0.1) is 0 Å². The molecule has 0 saturated carbocycles. The zero-order valence-corrected chi connectivity index (χ0v) is 15.2. The maximum atomic E-state index is 12.2. The molecule has 0 bridgehead atoms. The molecule has 1 N–H and O–H groups in total. The second-order valence-corrected chi connectivity index (χ2v) is 6.09. The fourth-order valence-electron chi connectivity index (χ4n) is 2.71. The molecule has 5 nitrogen and oxygen atoms in total. The first-order valence-corrected chi connectivity index (χ1v) is 9.13. The highest BCUT2D eigenvalue weighted by molar-refractivity contribution is 5.91. The van der Waals surface area contributed by atoms with Crippen molar-refractivity contribution in [2.45, 2.75) is 39.5 Å². The molecular weight excluding hydrogens is 312 g/mol. The molecule has 0 aliphatic carbocycles. The first kappa shape index (κ1) is 18.9. The van der Waals surface area contributed by atoms with Gasteiger partial charge in [0.25, 0.3) is 5.91 Å². The number of aryl methyl sites for hydroxylation is 1. The van der Waals surface area contributed by atoms with Crippen molar-refractivity contribution >= 4 is 11.7 Å². The molecule has 0 aliphatic rings. The third-order valence-electron chi connectivity index (χ3n) is 3.95. The fraction of sp³-hybridized carbons (Fsp3) is 0.450. The molecule has 1 aromatic carbocycles. The van der Waals surface area contributed by atoms with Crippen LogP contribution in [0.15, 0.2) is 42.7 Å². The van der Waals surface area contributed by atoms with E-state index in [2.05, 4.69) is 46.2 Å². The standard InChI is InChI=1S/C20H28N4O/c1-3-13-24(14-4-2)19-16-22-18(15-23-19)20(25)21-12-8-11-17-9-6-5-7-10-17/h5-7,9-10,15-16H,3-4,8,11-14H2,1-2H3,(H,21,25). The van der Waals surface area contributed by atoms with E-state index in [1.54, 1.807) is 12.4 Å². The number of nitrogens with one attached hydrogen (secondary N) is 1. The number of hydrogen-bond donors (Lipinski definition) is 1. The molecule has 0 unspecified atom stereocenters. The Balaban J connectivity index is 1.81. The molecule has 1 amide bonds. The van der Waals surface area contributed by atoms with Gasteiger partial charge in [0.15, 0.2) is 0 Å². The van der Waals surface area contributed by atoms with E-state index in [1.165, 1.54) is 5.56 Å². The van der Waals surface area contributed by atoms with Crippen molar-refractivity contribution in [1.29, 1.82) is 0 Å². The minimum absolute atomic E-state index is 0.162. The Morgan fingerprint density at radius 1 is 1.04 bits per heavy atom. The Bertz CT molecular complexity index is 622. The lowest BCUT2D eigenvalue weighted by Crippen LogP contribution is -2.28. The van der Waals surface area contributed by atoms with Crippen molar-refractivity contribution in [2.75, 3.05) is 24.5 Å². The summed E-state index contributed by atoms with van der Waals surface area (Å²) in [5, 5.41) is 2.91. The quantitative estimate of drug-likeness (QED) is 0.673. The summed E-state index contributed by atoms with van der Waals surface area (Å²) in [6, 6.07) is 10.3. The predicted molar refractivity (Wildman–Crippen MR) is 102 cm³/mol. The molecule has 1 heterocycles. The second kappa shape index (κ2) is 10.4. The molecule has 5 heteroatoms. The molecule has 0 radical (unpaired) electrons. The molecule has 0 saturated heterocycles. The number of carbonyl (C=O) groups excluding carboxylic acids is 1. The van der Waals surface area contributed by atoms with Gasteiger partial charge in [0.2, 0.25) is 0 Å². The van der Waals surface area contributed by atoms with Crippen LogP contribution in [-0.2, 0) is 6.42 Å². The molecule has 0 aliphatic heterocycles. The van der Waals surface area contributed by atoms with E-state index >= 15 is 0 Å². The minimum Gasteiger partial charge on any atom is -0.355 e. The minimum atomic E-state index is -0.162. The fourth-order valence-corrected chi connectivity index (χ4v) is 2.71. The Morgan fingerprint density at radius 2 is 1.76 bits per heavy atom. The molecule has 134 valence electrons. The van der Waals surface area contributed by atoms with E-state index in [4.69, 9.17) is 0 Å². The molecule has 1 aromatic heterocycles. The van der Waals surface area contributed by atoms with Crippen LogP contribution < -0.4 is 10.2 Å². The van der Waals surface area contributed by atoms with Gasteiger partial charge in [-0.2, -0.15) is 0 Å². The van der Waals surface area contributed by atoms with Gasteiger partial charge >= 0.3 is 0 Å². The Kier molecular flexibility index (Phi) is 7.89. The smallest absolute Gasteiger partial charge is 0.271 e. The lowest BCUT2D eigenvalue weighted by atomic mass is 10.1. The average molecular weight is 340 g/mol. The van der Waals surface area contributed by atoms with Crippen LogP contribution in [0.1, 0.15) is 49.2 Å². The normalized spacial score (nSPS) is 10.5. The number of anilines is 1. The van der Waals surface area contributed by atoms with Gasteiger partial charge in [-0.25, -0.2) is 9.97 Å². The molecule has 2 aromatic rings. The number of amides is 1. The van der Waals surface area contributed by atoms with Crippen LogP contribution in [0.4, 0.5) is 5.82 Å². The van der Waals surface area contributed by atoms with Gasteiger partial charge in [0.1, 0.15) is 11.5 Å². The second-order valence-electron chi connectivity index (χ2n) is 6.09. The van der Waals surface area contributed by atoms with Crippen molar-refractivity contribution in [1.82, 2.24) is 15.3 Å². The lowest BCUT2D eigenvalue weighted by Gasteiger charge is -2.22. The summed E-state index contributed by atoms with van der Waals surface area (Å²) in [4.78, 5) is 23.1. The van der Waals surface area contributed by atoms with Gasteiger partial charge in [-0.3, -0.25) is 4.79 Å². The van der Waals surface area contributed by atoms with Gasteiger partial charge in [-0.15, -0.1) is 0 Å². The molecular formula is C20H28N4O. The van der Waals surface area contributed by atoms with Crippen LogP contribution in [0.5, 0.6) is 0 Å². The summed E-state index contributed by atoms with van der Waals surface area (Å²) in [7, 11) is 0. The molecule has 25 heavy (non-hydrogen) atoms. The Labute approximate surface area is 150 Å². The van der Waals surface area contributed by atoms with E-state index in [0.717, 1.165) is 44.6 Å².